The Morgan fingerprint density at radius 3 is 1.70 bits per heavy atom. The molecule has 0 saturated carbocycles. The molecule has 5 N–H and O–H groups in total. The van der Waals surface area contributed by atoms with Crippen molar-refractivity contribution < 1.29 is 52.2 Å². The molecule has 1 amide bonds. The summed E-state index contributed by atoms with van der Waals surface area (Å²) in [5, 5.41) is 54.6. The number of para-hydroxylation sites is 1. The van der Waals surface area contributed by atoms with E-state index in [2.05, 4.69) is 59.8 Å². The number of nitrogens with one attached hydrogen (secondary N) is 3. The maximum atomic E-state index is 13.1. The van der Waals surface area contributed by atoms with Gasteiger partial charge in [0.2, 0.25) is 0 Å². The second kappa shape index (κ2) is 28.1. The zero-order chi connectivity index (χ0) is 62.5. The molecule has 0 radical (unpaired) electrons. The van der Waals surface area contributed by atoms with Gasteiger partial charge >= 0.3 is 12.1 Å². The highest BCUT2D eigenvalue weighted by Crippen LogP contribution is 2.41. The van der Waals surface area contributed by atoms with Crippen LogP contribution in [-0.4, -0.2) is 57.3 Å². The first-order valence-electron chi connectivity index (χ1n) is 26.5. The van der Waals surface area contributed by atoms with Crippen molar-refractivity contribution in [2.75, 3.05) is 16.0 Å². The third-order valence-corrected chi connectivity index (χ3v) is 13.8. The maximum Gasteiger partial charge on any atom is 0.418 e. The van der Waals surface area contributed by atoms with Crippen LogP contribution in [-0.2, 0) is 51.0 Å². The number of alkyl halides is 3. The number of carboxylic acid groups (broad SMARTS) is 1. The van der Waals surface area contributed by atoms with Crippen LogP contribution >= 0.6 is 23.2 Å². The number of nitrogens with zero attached hydrogens (tertiary/aromatic N) is 6. The van der Waals surface area contributed by atoms with E-state index in [9.17, 15) is 52.2 Å². The highest BCUT2D eigenvalue weighted by atomic mass is 35.5. The van der Waals surface area contributed by atoms with Gasteiger partial charge in [-0.25, -0.2) is 4.79 Å². The van der Waals surface area contributed by atoms with Crippen LogP contribution in [0, 0.1) is 0 Å². The van der Waals surface area contributed by atoms with E-state index in [1.54, 1.807) is 60.7 Å². The van der Waals surface area contributed by atoms with Gasteiger partial charge in [-0.2, -0.15) is 33.6 Å². The molecule has 0 aliphatic carbocycles. The minimum absolute atomic E-state index is 0.0313. The first-order chi connectivity index (χ1) is 41.5. The molecule has 2 aliphatic heterocycles. The van der Waals surface area contributed by atoms with Gasteiger partial charge in [0.05, 0.1) is 33.1 Å². The van der Waals surface area contributed by atoms with E-state index in [1.165, 1.54) is 31.2 Å². The monoisotopic (exact) mass is 1210 g/mol. The predicted octanol–water partition coefficient (Wildman–Crippen LogP) is 16.3. The standard InChI is InChI=1S/C23H15Cl2N3O2.C21H18F3N3O2.C21H19N3O4/c24-15-10-11-19(25)20(13-15)27-28-21-17-9-5-4-6-14(17)12-18(22(21)29)23(30)26-16-7-2-1-3-8-16;1-12-9-15-10-14(7-8-17(15)25-12)11-19(29)20(13(2)28)27-26-18-6-4-3-5-16(18)21(22,23)24;1-12-9-15-10-14(7-8-17(15)22-12)11-19(26)20(13(2)25)24-23-18-6-4-3-5-16(18)21(27)28/h1-13,29H,(H,26,30);3-8,10,20,25H,1,9,11H2,2H3;3-8,10,20,22H,1,9,11H2,2H3,(H,27,28). The van der Waals surface area contributed by atoms with E-state index in [-0.39, 0.29) is 41.1 Å². The van der Waals surface area contributed by atoms with Crippen LogP contribution in [0.1, 0.15) is 62.4 Å². The van der Waals surface area contributed by atoms with Gasteiger partial charge in [-0.05, 0) is 114 Å². The van der Waals surface area contributed by atoms with Crippen molar-refractivity contribution >= 4 is 109 Å². The van der Waals surface area contributed by atoms with Crippen LogP contribution in [0.3, 0.4) is 0 Å². The molecule has 87 heavy (non-hydrogen) atoms. The number of fused-ring (bicyclic) bond motifs is 3. The van der Waals surface area contributed by atoms with Crippen molar-refractivity contribution in [2.45, 2.75) is 57.8 Å². The molecule has 2 atom stereocenters. The Hall–Kier alpha value is -10.3. The number of anilines is 3. The number of allylic oxidation sites excluding steroid dienone is 2. The molecule has 22 heteroatoms. The number of Topliss-reactive ketones (excluding diaryl/α,β-unsaturated/α-hetero) is 4. The van der Waals surface area contributed by atoms with Crippen molar-refractivity contribution in [2.24, 2.45) is 30.7 Å². The summed E-state index contributed by atoms with van der Waals surface area (Å²) in [6.45, 7) is 10.2. The van der Waals surface area contributed by atoms with Gasteiger partial charge in [0.1, 0.15) is 11.4 Å². The van der Waals surface area contributed by atoms with Gasteiger partial charge in [-0.1, -0.05) is 127 Å². The number of ketones is 4. The number of aromatic carboxylic acids is 1. The number of carboxylic acids is 1. The molecule has 8 aromatic rings. The molecule has 10 rings (SSSR count). The summed E-state index contributed by atoms with van der Waals surface area (Å²) in [4.78, 5) is 73.1. The highest BCUT2D eigenvalue weighted by Gasteiger charge is 2.34. The zero-order valence-corrected chi connectivity index (χ0v) is 47.9. The Morgan fingerprint density at radius 1 is 0.598 bits per heavy atom. The van der Waals surface area contributed by atoms with Gasteiger partial charge in [0, 0.05) is 64.5 Å². The molecule has 2 unspecified atom stereocenters. The molecule has 0 fully saturated rings. The quantitative estimate of drug-likeness (QED) is 0.0426. The number of aromatic hydroxyl groups is 1. The average molecular weight is 1220 g/mol. The Bertz CT molecular complexity index is 4140. The topological polar surface area (TPSA) is 253 Å². The maximum absolute atomic E-state index is 13.1. The molecule has 0 saturated heterocycles. The number of amides is 1. The molecule has 0 spiro atoms. The Labute approximate surface area is 506 Å². The van der Waals surface area contributed by atoms with Gasteiger partial charge in [0.25, 0.3) is 5.91 Å². The normalized spacial score (nSPS) is 13.1. The van der Waals surface area contributed by atoms with Gasteiger partial charge < -0.3 is 26.2 Å². The second-order valence-corrected chi connectivity index (χ2v) is 20.7. The SMILES string of the molecule is C=C1Cc2cc(CC(=O)C(N=Nc3ccccc3C(=O)O)C(C)=O)ccc2N1.C=C1Cc2cc(CC(=O)C(N=Nc3ccccc3C(F)(F)F)C(C)=O)ccc2N1.O=C(Nc1ccccc1)c1cc2ccccc2c(N=Nc2cc(Cl)ccc2Cl)c1O. The summed E-state index contributed by atoms with van der Waals surface area (Å²) in [5.41, 5.74) is 6.96. The number of phenols is 1. The number of azo groups is 3. The summed E-state index contributed by atoms with van der Waals surface area (Å²) in [6, 6.07) is 41.6. The molecular formula is C65H52Cl2F3N9O8. The number of rotatable bonds is 17. The first-order valence-corrected chi connectivity index (χ1v) is 27.3. The predicted molar refractivity (Wildman–Crippen MR) is 327 cm³/mol. The molecule has 2 aliphatic rings. The summed E-state index contributed by atoms with van der Waals surface area (Å²) in [7, 11) is 0. The van der Waals surface area contributed by atoms with Crippen LogP contribution < -0.4 is 16.0 Å². The summed E-state index contributed by atoms with van der Waals surface area (Å²) >= 11 is 12.2. The van der Waals surface area contributed by atoms with Gasteiger partial charge in [-0.15, -0.1) is 10.2 Å². The molecule has 0 bridgehead atoms. The lowest BCUT2D eigenvalue weighted by molar-refractivity contribution is -0.137. The van der Waals surface area contributed by atoms with Crippen LogP contribution in [0.25, 0.3) is 10.8 Å². The fourth-order valence-corrected chi connectivity index (χ4v) is 9.40. The minimum Gasteiger partial charge on any atom is -0.505 e. The summed E-state index contributed by atoms with van der Waals surface area (Å²) < 4.78 is 39.2. The van der Waals surface area contributed by atoms with E-state index in [0.29, 0.717) is 45.2 Å². The van der Waals surface area contributed by atoms with Crippen molar-refractivity contribution in [1.29, 1.82) is 0 Å². The Balaban J connectivity index is 0.000000169. The molecule has 8 aromatic carbocycles. The molecular weight excluding hydrogens is 1160 g/mol. The van der Waals surface area contributed by atoms with E-state index in [0.717, 1.165) is 63.9 Å². The highest BCUT2D eigenvalue weighted by molar-refractivity contribution is 6.35. The molecule has 0 aromatic heterocycles. The van der Waals surface area contributed by atoms with E-state index in [4.69, 9.17) is 23.2 Å². The van der Waals surface area contributed by atoms with E-state index < -0.39 is 64.5 Å². The van der Waals surface area contributed by atoms with Crippen molar-refractivity contribution in [3.05, 3.63) is 237 Å². The lowest BCUT2D eigenvalue weighted by atomic mass is 9.99. The fourth-order valence-electron chi connectivity index (χ4n) is 9.08. The van der Waals surface area contributed by atoms with Crippen molar-refractivity contribution in [1.82, 2.24) is 0 Å². The number of hydrogen-bond acceptors (Lipinski definition) is 15. The lowest BCUT2D eigenvalue weighted by Gasteiger charge is -2.11. The number of hydrogen-bond donors (Lipinski definition) is 5. The number of carbonyl (C=O) groups is 6. The van der Waals surface area contributed by atoms with Crippen molar-refractivity contribution in [3.63, 3.8) is 0 Å². The fraction of sp³-hybridized carbons (Fsp3) is 0.138. The van der Waals surface area contributed by atoms with Crippen LogP contribution in [0.4, 0.5) is 53.0 Å². The largest absolute Gasteiger partial charge is 0.505 e. The van der Waals surface area contributed by atoms with Crippen LogP contribution in [0.5, 0.6) is 5.75 Å². The second-order valence-electron chi connectivity index (χ2n) is 19.8. The van der Waals surface area contributed by atoms with Crippen LogP contribution in [0.15, 0.2) is 219 Å². The lowest BCUT2D eigenvalue weighted by Crippen LogP contribution is -2.27. The minimum atomic E-state index is -4.62. The third kappa shape index (κ3) is 16.3. The Morgan fingerprint density at radius 2 is 1.13 bits per heavy atom. The van der Waals surface area contributed by atoms with Crippen LogP contribution in [0.2, 0.25) is 10.0 Å². The third-order valence-electron chi connectivity index (χ3n) is 13.2. The molecule has 440 valence electrons. The van der Waals surface area contributed by atoms with E-state index >= 15 is 0 Å². The van der Waals surface area contributed by atoms with Crippen molar-refractivity contribution in [3.8, 4) is 5.75 Å². The molecule has 2 heterocycles. The van der Waals surface area contributed by atoms with Gasteiger partial charge in [-0.3, -0.25) is 24.0 Å². The summed E-state index contributed by atoms with van der Waals surface area (Å²) in [6.07, 6.45) is -3.33. The Kier molecular flexibility index (Phi) is 20.2. The summed E-state index contributed by atoms with van der Waals surface area (Å²) in [5.74, 6) is -3.85. The number of phenolic OH excluding ortho intramolecular Hbond substituents is 1. The number of carbonyl (C=O) groups excluding carboxylic acids is 5. The number of benzene rings is 8. The van der Waals surface area contributed by atoms with E-state index in [1.807, 2.05) is 66.7 Å². The first kappa shape index (κ1) is 62.7. The average Bonchev–Trinajstić information content (AvgIpc) is 1.99. The smallest absolute Gasteiger partial charge is 0.418 e. The zero-order valence-electron chi connectivity index (χ0n) is 46.4. The number of halogens is 5. The van der Waals surface area contributed by atoms with Gasteiger partial charge in [0.15, 0.2) is 41.0 Å². The molecule has 17 nitrogen and oxygen atoms in total.